The lowest BCUT2D eigenvalue weighted by Gasteiger charge is -2.27. The molecule has 1 fully saturated rings. The molecule has 0 aliphatic heterocycles. The predicted octanol–water partition coefficient (Wildman–Crippen LogP) is 5.73. The number of carbonyl (C=O) groups excluding carboxylic acids is 2. The number of rotatable bonds is 13. The molecule has 0 radical (unpaired) electrons. The second kappa shape index (κ2) is 14.0. The first-order valence-electron chi connectivity index (χ1n) is 12.2. The minimum Gasteiger partial charge on any atom is -0.504 e. The van der Waals surface area contributed by atoms with Crippen molar-refractivity contribution in [3.63, 3.8) is 0 Å². The Bertz CT molecular complexity index is 710. The minimum absolute atomic E-state index is 0.0210. The summed E-state index contributed by atoms with van der Waals surface area (Å²) < 4.78 is 16.8. The van der Waals surface area contributed by atoms with Gasteiger partial charge in [-0.2, -0.15) is 0 Å². The van der Waals surface area contributed by atoms with Crippen LogP contribution in [-0.2, 0) is 25.5 Å². The number of unbranched alkanes of at least 4 members (excludes halogenated alkanes) is 2. The van der Waals surface area contributed by atoms with E-state index in [2.05, 4.69) is 6.92 Å². The normalized spacial score (nSPS) is 16.2. The van der Waals surface area contributed by atoms with Crippen LogP contribution in [0.5, 0.6) is 11.5 Å². The first-order chi connectivity index (χ1) is 15.4. The van der Waals surface area contributed by atoms with Gasteiger partial charge in [0.2, 0.25) is 0 Å². The fraction of sp³-hybridized carbons (Fsp3) is 0.692. The molecule has 1 saturated carbocycles. The van der Waals surface area contributed by atoms with E-state index in [0.717, 1.165) is 56.9 Å². The molecule has 6 nitrogen and oxygen atoms in total. The van der Waals surface area contributed by atoms with Gasteiger partial charge in [0.15, 0.2) is 11.5 Å². The largest absolute Gasteiger partial charge is 0.504 e. The molecule has 2 atom stereocenters. The quantitative estimate of drug-likeness (QED) is 0.307. The molecule has 1 aromatic rings. The molecule has 0 unspecified atom stereocenters. The van der Waals surface area contributed by atoms with Gasteiger partial charge in [-0.05, 0) is 56.2 Å². The van der Waals surface area contributed by atoms with E-state index in [0.29, 0.717) is 25.0 Å². The number of hydrogen-bond donors (Lipinski definition) is 1. The van der Waals surface area contributed by atoms with E-state index in [1.54, 1.807) is 12.1 Å². The van der Waals surface area contributed by atoms with Gasteiger partial charge in [0.1, 0.15) is 12.2 Å². The molecule has 0 aromatic heterocycles. The Labute approximate surface area is 192 Å². The molecule has 0 heterocycles. The lowest BCUT2D eigenvalue weighted by molar-refractivity contribution is -0.159. The molecule has 32 heavy (non-hydrogen) atoms. The highest BCUT2D eigenvalue weighted by Gasteiger charge is 2.27. The molecule has 1 aliphatic carbocycles. The maximum Gasteiger partial charge on any atom is 0.309 e. The molecule has 0 amide bonds. The number of aryl methyl sites for hydroxylation is 1. The van der Waals surface area contributed by atoms with Crippen LogP contribution in [0.25, 0.3) is 0 Å². The summed E-state index contributed by atoms with van der Waals surface area (Å²) in [5.41, 5.74) is 0.994. The van der Waals surface area contributed by atoms with Crippen LogP contribution >= 0.6 is 0 Å². The summed E-state index contributed by atoms with van der Waals surface area (Å²) in [6.07, 6.45) is 10.3. The van der Waals surface area contributed by atoms with Gasteiger partial charge in [0.05, 0.1) is 13.0 Å². The molecule has 6 heteroatoms. The second-order valence-corrected chi connectivity index (χ2v) is 8.90. The third-order valence-electron chi connectivity index (χ3n) is 6.21. The van der Waals surface area contributed by atoms with Crippen molar-refractivity contribution in [1.29, 1.82) is 0 Å². The SMILES string of the molecule is CCCCC[C@H](C[C@H](CCc1ccc(O)c(OC)c1)OC(=O)C1CCCCC1)OC(C)=O. The van der Waals surface area contributed by atoms with Crippen LogP contribution in [0.3, 0.4) is 0 Å². The highest BCUT2D eigenvalue weighted by molar-refractivity contribution is 5.72. The third kappa shape index (κ3) is 9.09. The number of hydrogen-bond acceptors (Lipinski definition) is 6. The monoisotopic (exact) mass is 448 g/mol. The maximum atomic E-state index is 12.8. The van der Waals surface area contributed by atoms with Crippen molar-refractivity contribution < 1.29 is 28.9 Å². The molecule has 1 aromatic carbocycles. The number of ether oxygens (including phenoxy) is 3. The standard InChI is InChI=1S/C26H40O6/c1-4-5-7-12-22(31-19(2)27)18-23(32-26(29)21-10-8-6-9-11-21)15-13-20-14-16-24(28)25(17-20)30-3/h14,16-17,21-23,28H,4-13,15,18H2,1-3H3/t22-,23+/m1/s1. The van der Waals surface area contributed by atoms with E-state index in [1.165, 1.54) is 20.5 Å². The highest BCUT2D eigenvalue weighted by atomic mass is 16.6. The van der Waals surface area contributed by atoms with Crippen LogP contribution < -0.4 is 4.74 Å². The Morgan fingerprint density at radius 3 is 2.44 bits per heavy atom. The smallest absolute Gasteiger partial charge is 0.309 e. The number of carbonyl (C=O) groups is 2. The molecule has 0 spiro atoms. The summed E-state index contributed by atoms with van der Waals surface area (Å²) in [6, 6.07) is 5.27. The molecule has 180 valence electrons. The summed E-state index contributed by atoms with van der Waals surface area (Å²) in [4.78, 5) is 24.5. The van der Waals surface area contributed by atoms with Gasteiger partial charge in [-0.1, -0.05) is 45.1 Å². The van der Waals surface area contributed by atoms with Crippen LogP contribution in [0.2, 0.25) is 0 Å². The zero-order valence-corrected chi connectivity index (χ0v) is 19.9. The van der Waals surface area contributed by atoms with Crippen molar-refractivity contribution in [2.24, 2.45) is 5.92 Å². The van der Waals surface area contributed by atoms with Crippen molar-refractivity contribution in [1.82, 2.24) is 0 Å². The fourth-order valence-electron chi connectivity index (χ4n) is 4.40. The van der Waals surface area contributed by atoms with Gasteiger partial charge in [-0.25, -0.2) is 0 Å². The van der Waals surface area contributed by atoms with Gasteiger partial charge in [0, 0.05) is 13.3 Å². The minimum atomic E-state index is -0.324. The van der Waals surface area contributed by atoms with Crippen LogP contribution in [0.1, 0.15) is 90.0 Å². The summed E-state index contributed by atoms with van der Waals surface area (Å²) in [6.45, 7) is 3.57. The average Bonchev–Trinajstić information content (AvgIpc) is 2.78. The Balaban J connectivity index is 2.07. The van der Waals surface area contributed by atoms with Crippen molar-refractivity contribution in [2.45, 2.75) is 103 Å². The van der Waals surface area contributed by atoms with Crippen LogP contribution in [0.15, 0.2) is 18.2 Å². The average molecular weight is 449 g/mol. The predicted molar refractivity (Wildman–Crippen MR) is 124 cm³/mol. The summed E-state index contributed by atoms with van der Waals surface area (Å²) in [7, 11) is 1.52. The van der Waals surface area contributed by atoms with Crippen LogP contribution in [0.4, 0.5) is 0 Å². The van der Waals surface area contributed by atoms with Gasteiger partial charge >= 0.3 is 11.9 Å². The zero-order chi connectivity index (χ0) is 23.3. The van der Waals surface area contributed by atoms with Crippen molar-refractivity contribution in [3.05, 3.63) is 23.8 Å². The van der Waals surface area contributed by atoms with Gasteiger partial charge in [0.25, 0.3) is 0 Å². The second-order valence-electron chi connectivity index (χ2n) is 8.90. The van der Waals surface area contributed by atoms with E-state index in [4.69, 9.17) is 14.2 Å². The van der Waals surface area contributed by atoms with E-state index in [9.17, 15) is 14.7 Å². The Kier molecular flexibility index (Phi) is 11.4. The summed E-state index contributed by atoms with van der Waals surface area (Å²) in [5.74, 6) is 0.0884. The lowest BCUT2D eigenvalue weighted by Crippen LogP contribution is -2.30. The lowest BCUT2D eigenvalue weighted by atomic mass is 9.89. The van der Waals surface area contributed by atoms with Crippen molar-refractivity contribution in [2.75, 3.05) is 7.11 Å². The van der Waals surface area contributed by atoms with Crippen LogP contribution in [0, 0.1) is 5.92 Å². The fourth-order valence-corrected chi connectivity index (χ4v) is 4.40. The Morgan fingerprint density at radius 2 is 1.78 bits per heavy atom. The molecule has 2 rings (SSSR count). The number of phenols is 1. The number of benzene rings is 1. The number of phenolic OH excluding ortho intramolecular Hbond substituents is 1. The molecular formula is C26H40O6. The zero-order valence-electron chi connectivity index (χ0n) is 19.9. The first kappa shape index (κ1) is 26.0. The Morgan fingerprint density at radius 1 is 1.06 bits per heavy atom. The van der Waals surface area contributed by atoms with Gasteiger partial charge in [-0.15, -0.1) is 0 Å². The molecule has 1 aliphatic rings. The van der Waals surface area contributed by atoms with Gasteiger partial charge < -0.3 is 19.3 Å². The molecule has 1 N–H and O–H groups in total. The molecule has 0 bridgehead atoms. The van der Waals surface area contributed by atoms with Crippen LogP contribution in [-0.4, -0.2) is 36.4 Å². The molecular weight excluding hydrogens is 408 g/mol. The third-order valence-corrected chi connectivity index (χ3v) is 6.21. The summed E-state index contributed by atoms with van der Waals surface area (Å²) >= 11 is 0. The van der Waals surface area contributed by atoms with Crippen molar-refractivity contribution >= 4 is 11.9 Å². The number of methoxy groups -OCH3 is 1. The number of aromatic hydroxyl groups is 1. The van der Waals surface area contributed by atoms with E-state index in [1.807, 2.05) is 6.07 Å². The topological polar surface area (TPSA) is 82.1 Å². The number of esters is 2. The van der Waals surface area contributed by atoms with Crippen molar-refractivity contribution in [3.8, 4) is 11.5 Å². The summed E-state index contributed by atoms with van der Waals surface area (Å²) in [5, 5.41) is 9.84. The van der Waals surface area contributed by atoms with E-state index >= 15 is 0 Å². The van der Waals surface area contributed by atoms with Gasteiger partial charge in [-0.3, -0.25) is 9.59 Å². The van der Waals surface area contributed by atoms with E-state index < -0.39 is 0 Å². The highest BCUT2D eigenvalue weighted by Crippen LogP contribution is 2.29. The molecule has 0 saturated heterocycles. The van der Waals surface area contributed by atoms with E-state index in [-0.39, 0.29) is 35.8 Å². The first-order valence-corrected chi connectivity index (χ1v) is 12.2. The maximum absolute atomic E-state index is 12.8. The Hall–Kier alpha value is -2.24.